The fourth-order valence-corrected chi connectivity index (χ4v) is 8.00. The monoisotopic (exact) mass is 220 g/mol. The van der Waals surface area contributed by atoms with E-state index in [0.717, 1.165) is 17.8 Å². The average Bonchev–Trinajstić information content (AvgIpc) is 2.84. The maximum Gasteiger partial charge on any atom is 0.0688 e. The zero-order valence-corrected chi connectivity index (χ0v) is 10.1. The van der Waals surface area contributed by atoms with Crippen LogP contribution in [0.4, 0.5) is 0 Å². The molecule has 0 spiro atoms. The fourth-order valence-electron chi connectivity index (χ4n) is 8.00. The molecule has 0 radical (unpaired) electrons. The van der Waals surface area contributed by atoms with Crippen LogP contribution in [0.15, 0.2) is 0 Å². The quantitative estimate of drug-likeness (QED) is 0.642. The van der Waals surface area contributed by atoms with Gasteiger partial charge < -0.3 is 10.2 Å². The molecule has 88 valence electrons. The zero-order chi connectivity index (χ0) is 11.2. The predicted octanol–water partition coefficient (Wildman–Crippen LogP) is 1.12. The van der Waals surface area contributed by atoms with Crippen LogP contribution in [-0.4, -0.2) is 21.4 Å². The Kier molecular flexibility index (Phi) is 1.07. The number of hydrogen-bond acceptors (Lipinski definition) is 2. The summed E-state index contributed by atoms with van der Waals surface area (Å²) in [6, 6.07) is 0. The molecule has 6 saturated carbocycles. The molecule has 2 nitrogen and oxygen atoms in total. The van der Waals surface area contributed by atoms with Crippen LogP contribution >= 0.6 is 0 Å². The lowest BCUT2D eigenvalue weighted by atomic mass is 9.71. The Morgan fingerprint density at radius 3 is 1.44 bits per heavy atom. The van der Waals surface area contributed by atoms with Gasteiger partial charge in [-0.3, -0.25) is 0 Å². The lowest BCUT2D eigenvalue weighted by Gasteiger charge is -2.32. The maximum atomic E-state index is 10.8. The molecule has 16 heavy (non-hydrogen) atoms. The Hall–Kier alpha value is -0.0800. The van der Waals surface area contributed by atoms with Gasteiger partial charge in [0, 0.05) is 0 Å². The van der Waals surface area contributed by atoms with Crippen molar-refractivity contribution < 1.29 is 10.2 Å². The van der Waals surface area contributed by atoms with Gasteiger partial charge in [-0.2, -0.15) is 0 Å². The van der Waals surface area contributed by atoms with Crippen molar-refractivity contribution in [1.29, 1.82) is 0 Å². The summed E-state index contributed by atoms with van der Waals surface area (Å²) in [7, 11) is 0. The second kappa shape index (κ2) is 1.91. The van der Waals surface area contributed by atoms with Crippen molar-refractivity contribution in [2.75, 3.05) is 0 Å². The van der Waals surface area contributed by atoms with Gasteiger partial charge in [-0.15, -0.1) is 0 Å². The molecule has 2 N–H and O–H groups in total. The second-order valence-electron chi connectivity index (χ2n) is 7.72. The van der Waals surface area contributed by atoms with Gasteiger partial charge in [0.15, 0.2) is 0 Å². The third kappa shape index (κ3) is 0.504. The van der Waals surface area contributed by atoms with Gasteiger partial charge in [-0.1, -0.05) is 6.92 Å². The van der Waals surface area contributed by atoms with Gasteiger partial charge in [-0.25, -0.2) is 0 Å². The molecule has 11 atom stereocenters. The highest BCUT2D eigenvalue weighted by molar-refractivity contribution is 5.37. The van der Waals surface area contributed by atoms with E-state index in [-0.39, 0.29) is 0 Å². The standard InChI is InChI=1S/C14H20O2/c1-4-5-8-10-6(4)7-9(5)13(2,15)11(8)12(7)14(10,3)16/h4-12,15-16H,1-3H3/t4?,5-,6-,7+,8+,9-,10-,11+,12+,13-,14+/m0/s1. The minimum absolute atomic E-state index is 0.411. The van der Waals surface area contributed by atoms with Gasteiger partial charge >= 0.3 is 0 Å². The van der Waals surface area contributed by atoms with Crippen molar-refractivity contribution >= 4 is 0 Å². The molecule has 0 aromatic rings. The first-order valence-electron chi connectivity index (χ1n) is 6.85. The van der Waals surface area contributed by atoms with E-state index in [9.17, 15) is 10.2 Å². The van der Waals surface area contributed by atoms with Crippen molar-refractivity contribution in [2.45, 2.75) is 32.0 Å². The number of hydrogen-bond donors (Lipinski definition) is 2. The third-order valence-electron chi connectivity index (χ3n) is 7.68. The third-order valence-corrected chi connectivity index (χ3v) is 7.68. The summed E-state index contributed by atoms with van der Waals surface area (Å²) >= 11 is 0. The fraction of sp³-hybridized carbons (Fsp3) is 1.00. The molecule has 0 saturated heterocycles. The van der Waals surface area contributed by atoms with Crippen LogP contribution in [0.3, 0.4) is 0 Å². The SMILES string of the molecule is CC1[C@H]2[C@H]3[C@@H]4[C@H]5[C@H]([C@H]1[C@@H]3[C@]5(C)O)[C@H]2[C@@]4(C)O. The summed E-state index contributed by atoms with van der Waals surface area (Å²) in [4.78, 5) is 0. The second-order valence-corrected chi connectivity index (χ2v) is 7.72. The first kappa shape index (κ1) is 8.93. The summed E-state index contributed by atoms with van der Waals surface area (Å²) in [5, 5.41) is 21.6. The van der Waals surface area contributed by atoms with Crippen molar-refractivity contribution in [3.8, 4) is 0 Å². The van der Waals surface area contributed by atoms with Crippen molar-refractivity contribution in [3.05, 3.63) is 0 Å². The smallest absolute Gasteiger partial charge is 0.0688 e. The first-order valence-corrected chi connectivity index (χ1v) is 6.85. The molecular formula is C14H20O2. The normalized spacial score (nSPS) is 85.7. The summed E-state index contributed by atoms with van der Waals surface area (Å²) in [5.74, 6) is 5.34. The molecule has 1 unspecified atom stereocenters. The van der Waals surface area contributed by atoms with E-state index >= 15 is 0 Å². The van der Waals surface area contributed by atoms with E-state index in [1.165, 1.54) is 0 Å². The van der Waals surface area contributed by atoms with Crippen LogP contribution in [0.5, 0.6) is 0 Å². The molecule has 6 aliphatic rings. The van der Waals surface area contributed by atoms with Crippen LogP contribution in [-0.2, 0) is 0 Å². The zero-order valence-electron chi connectivity index (χ0n) is 10.1. The first-order chi connectivity index (χ1) is 7.40. The molecule has 6 fully saturated rings. The van der Waals surface area contributed by atoms with E-state index in [0.29, 0.717) is 35.5 Å². The lowest BCUT2D eigenvalue weighted by Crippen LogP contribution is -2.35. The largest absolute Gasteiger partial charge is 0.390 e. The van der Waals surface area contributed by atoms with Gasteiger partial charge in [0.05, 0.1) is 11.2 Å². The molecule has 6 aliphatic carbocycles. The van der Waals surface area contributed by atoms with Crippen LogP contribution in [0.2, 0.25) is 0 Å². The van der Waals surface area contributed by atoms with Gasteiger partial charge in [0.1, 0.15) is 0 Å². The summed E-state index contributed by atoms with van der Waals surface area (Å²) in [5.41, 5.74) is -0.939. The topological polar surface area (TPSA) is 40.5 Å². The van der Waals surface area contributed by atoms with E-state index < -0.39 is 11.2 Å². The highest BCUT2D eigenvalue weighted by Gasteiger charge is 2.90. The average molecular weight is 220 g/mol. The molecule has 0 aliphatic heterocycles. The van der Waals surface area contributed by atoms with Crippen molar-refractivity contribution in [1.82, 2.24) is 0 Å². The molecule has 0 amide bonds. The van der Waals surface area contributed by atoms with Crippen LogP contribution in [0.25, 0.3) is 0 Å². The van der Waals surface area contributed by atoms with Crippen LogP contribution in [0.1, 0.15) is 20.8 Å². The van der Waals surface area contributed by atoms with Gasteiger partial charge in [0.2, 0.25) is 0 Å². The summed E-state index contributed by atoms with van der Waals surface area (Å²) in [6.07, 6.45) is 0. The van der Waals surface area contributed by atoms with E-state index in [4.69, 9.17) is 0 Å². The molecular weight excluding hydrogens is 200 g/mol. The van der Waals surface area contributed by atoms with Crippen LogP contribution < -0.4 is 0 Å². The van der Waals surface area contributed by atoms with E-state index in [2.05, 4.69) is 20.8 Å². The highest BCUT2D eigenvalue weighted by Crippen LogP contribution is 2.88. The summed E-state index contributed by atoms with van der Waals surface area (Å²) in [6.45, 7) is 6.49. The molecule has 0 aromatic heterocycles. The van der Waals surface area contributed by atoms with Crippen LogP contribution in [0, 0.1) is 53.3 Å². The van der Waals surface area contributed by atoms with Crippen molar-refractivity contribution in [2.24, 2.45) is 53.3 Å². The molecule has 0 heterocycles. The molecule has 2 heteroatoms. The molecule has 0 aromatic carbocycles. The van der Waals surface area contributed by atoms with Gasteiger partial charge in [-0.05, 0) is 67.1 Å². The molecule has 6 bridgehead atoms. The van der Waals surface area contributed by atoms with E-state index in [1.807, 2.05) is 0 Å². The molecule has 6 rings (SSSR count). The Morgan fingerprint density at radius 2 is 1.06 bits per heavy atom. The number of aliphatic hydroxyl groups is 2. The predicted molar refractivity (Wildman–Crippen MR) is 58.3 cm³/mol. The Morgan fingerprint density at radius 1 is 0.688 bits per heavy atom. The highest BCUT2D eigenvalue weighted by atomic mass is 16.3. The maximum absolute atomic E-state index is 10.8. The van der Waals surface area contributed by atoms with Gasteiger partial charge in [0.25, 0.3) is 0 Å². The Labute approximate surface area is 96.0 Å². The summed E-state index contributed by atoms with van der Waals surface area (Å²) < 4.78 is 0. The number of rotatable bonds is 0. The van der Waals surface area contributed by atoms with Crippen molar-refractivity contribution in [3.63, 3.8) is 0 Å². The van der Waals surface area contributed by atoms with E-state index in [1.54, 1.807) is 0 Å². The minimum Gasteiger partial charge on any atom is -0.390 e. The minimum atomic E-state index is -0.469. The Bertz CT molecular complexity index is 375. The lowest BCUT2D eigenvalue weighted by molar-refractivity contribution is -0.0214. The Balaban J connectivity index is 1.84.